The van der Waals surface area contributed by atoms with Gasteiger partial charge in [0.15, 0.2) is 15.4 Å². The smallest absolute Gasteiger partial charge is 0.415 e. The zero-order chi connectivity index (χ0) is 25.8. The molecule has 2 atom stereocenters. The van der Waals surface area contributed by atoms with Gasteiger partial charge in [-0.15, -0.1) is 10.2 Å². The van der Waals surface area contributed by atoms with E-state index in [0.717, 1.165) is 0 Å². The van der Waals surface area contributed by atoms with E-state index in [0.29, 0.717) is 17.5 Å². The highest BCUT2D eigenvalue weighted by Crippen LogP contribution is 2.38. The summed E-state index contributed by atoms with van der Waals surface area (Å²) < 4.78 is 70.8. The van der Waals surface area contributed by atoms with Gasteiger partial charge in [0.05, 0.1) is 28.9 Å². The number of fused-ring (bicyclic) bond motifs is 1. The molecule has 35 heavy (non-hydrogen) atoms. The van der Waals surface area contributed by atoms with Crippen LogP contribution >= 0.6 is 11.6 Å². The third-order valence-corrected chi connectivity index (χ3v) is 7.59. The fourth-order valence-corrected chi connectivity index (χ4v) is 5.13. The van der Waals surface area contributed by atoms with Crippen molar-refractivity contribution in [3.05, 3.63) is 58.9 Å². The van der Waals surface area contributed by atoms with Crippen molar-refractivity contribution < 1.29 is 30.8 Å². The molecule has 4 N–H and O–H groups in total. The highest BCUT2D eigenvalue weighted by atomic mass is 35.5. The molecule has 0 spiro atoms. The molecule has 4 rings (SSSR count). The predicted molar refractivity (Wildman–Crippen MR) is 120 cm³/mol. The van der Waals surface area contributed by atoms with E-state index >= 15 is 0 Å². The Morgan fingerprint density at radius 2 is 1.83 bits per heavy atom. The van der Waals surface area contributed by atoms with Crippen LogP contribution in [0.4, 0.5) is 18.9 Å². The van der Waals surface area contributed by atoms with Gasteiger partial charge in [0, 0.05) is 10.6 Å². The lowest BCUT2D eigenvalue weighted by Gasteiger charge is -2.24. The molecule has 0 bridgehead atoms. The number of alkyl halides is 3. The molecule has 1 amide bonds. The molecular formula is C21H19ClF3N5O4S. The predicted octanol–water partition coefficient (Wildman–Crippen LogP) is 2.77. The second kappa shape index (κ2) is 8.59. The molecule has 1 unspecified atom stereocenters. The monoisotopic (exact) mass is 529 g/mol. The molecule has 1 aliphatic rings. The summed E-state index contributed by atoms with van der Waals surface area (Å²) in [7, 11) is -3.97. The number of carbonyl (C=O) groups is 1. The van der Waals surface area contributed by atoms with Gasteiger partial charge in [-0.25, -0.2) is 8.42 Å². The minimum atomic E-state index is -4.86. The Morgan fingerprint density at radius 1 is 1.17 bits per heavy atom. The summed E-state index contributed by atoms with van der Waals surface area (Å²) in [6.07, 6.45) is -4.86. The maximum atomic E-state index is 13.3. The third kappa shape index (κ3) is 4.63. The summed E-state index contributed by atoms with van der Waals surface area (Å²) in [5.74, 6) is -2.48. The highest BCUT2D eigenvalue weighted by molar-refractivity contribution is 7.91. The minimum absolute atomic E-state index is 0.0264. The molecule has 0 saturated carbocycles. The van der Waals surface area contributed by atoms with Crippen LogP contribution in [0.25, 0.3) is 11.5 Å². The van der Waals surface area contributed by atoms with Crippen molar-refractivity contribution in [2.75, 3.05) is 10.7 Å². The van der Waals surface area contributed by atoms with Gasteiger partial charge in [0.1, 0.15) is 0 Å². The van der Waals surface area contributed by atoms with E-state index in [1.54, 1.807) is 24.3 Å². The van der Waals surface area contributed by atoms with Gasteiger partial charge in [-0.1, -0.05) is 23.7 Å². The number of carbonyl (C=O) groups excluding carboxylic acids is 1. The SMILES string of the molecule is CC(N)(c1nnc(-c2ccc3c(c2)N(Cc2ccc(Cl)cc2)C(=O)[C@@H](N)CS3(=O)=O)o1)C(F)(F)F. The molecule has 0 radical (unpaired) electrons. The van der Waals surface area contributed by atoms with E-state index in [1.807, 2.05) is 0 Å². The lowest BCUT2D eigenvalue weighted by Crippen LogP contribution is -2.48. The van der Waals surface area contributed by atoms with Gasteiger partial charge >= 0.3 is 6.18 Å². The summed E-state index contributed by atoms with van der Waals surface area (Å²) in [5, 5.41) is 7.53. The van der Waals surface area contributed by atoms with Gasteiger partial charge in [0.2, 0.25) is 17.7 Å². The van der Waals surface area contributed by atoms with Crippen LogP contribution in [0, 0.1) is 0 Å². The molecular weight excluding hydrogens is 511 g/mol. The van der Waals surface area contributed by atoms with Crippen LogP contribution in [0.3, 0.4) is 0 Å². The van der Waals surface area contributed by atoms with Gasteiger partial charge in [-0.05, 0) is 42.8 Å². The largest absolute Gasteiger partial charge is 0.418 e. The number of amides is 1. The quantitative estimate of drug-likeness (QED) is 0.524. The van der Waals surface area contributed by atoms with Crippen molar-refractivity contribution in [2.45, 2.75) is 36.1 Å². The Kier molecular flexibility index (Phi) is 6.16. The van der Waals surface area contributed by atoms with E-state index in [-0.39, 0.29) is 28.6 Å². The number of rotatable bonds is 4. The molecule has 1 aromatic heterocycles. The topological polar surface area (TPSA) is 145 Å². The average Bonchev–Trinajstić information content (AvgIpc) is 3.25. The molecule has 2 aromatic carbocycles. The van der Waals surface area contributed by atoms with Crippen molar-refractivity contribution in [3.63, 3.8) is 0 Å². The van der Waals surface area contributed by atoms with Crippen molar-refractivity contribution in [1.29, 1.82) is 0 Å². The fraction of sp³-hybridized carbons (Fsp3) is 0.286. The van der Waals surface area contributed by atoms with Crippen LogP contribution in [0.15, 0.2) is 51.8 Å². The lowest BCUT2D eigenvalue weighted by molar-refractivity contribution is -0.190. The van der Waals surface area contributed by atoms with Crippen LogP contribution in [0.2, 0.25) is 5.02 Å². The van der Waals surface area contributed by atoms with Crippen LogP contribution in [0.5, 0.6) is 0 Å². The minimum Gasteiger partial charge on any atom is -0.418 e. The second-order valence-corrected chi connectivity index (χ2v) is 10.7. The first kappa shape index (κ1) is 25.1. The Hall–Kier alpha value is -3.00. The zero-order valence-electron chi connectivity index (χ0n) is 18.1. The van der Waals surface area contributed by atoms with Crippen molar-refractivity contribution >= 4 is 33.0 Å². The molecule has 3 aromatic rings. The maximum Gasteiger partial charge on any atom is 0.415 e. The van der Waals surface area contributed by atoms with Crippen molar-refractivity contribution in [3.8, 4) is 11.5 Å². The Bertz CT molecular complexity index is 1390. The number of aromatic nitrogens is 2. The zero-order valence-corrected chi connectivity index (χ0v) is 19.7. The summed E-state index contributed by atoms with van der Waals surface area (Å²) in [6.45, 7) is 0.640. The Labute approximate surface area is 202 Å². The number of nitrogens with zero attached hydrogens (tertiary/aromatic N) is 3. The van der Waals surface area contributed by atoms with Gasteiger partial charge in [0.25, 0.3) is 0 Å². The molecule has 0 fully saturated rings. The molecule has 186 valence electrons. The third-order valence-electron chi connectivity index (χ3n) is 5.53. The first-order valence-corrected chi connectivity index (χ1v) is 12.1. The summed E-state index contributed by atoms with van der Waals surface area (Å²) in [4.78, 5) is 14.1. The van der Waals surface area contributed by atoms with Crippen LogP contribution in [-0.4, -0.2) is 42.5 Å². The van der Waals surface area contributed by atoms with Crippen molar-refractivity contribution in [2.24, 2.45) is 11.5 Å². The number of anilines is 1. The number of hydrogen-bond donors (Lipinski definition) is 2. The summed E-state index contributed by atoms with van der Waals surface area (Å²) >= 11 is 5.92. The standard InChI is InChI=1S/C21H19ClF3N5O4S/c1-20(27,21(23,24)25)19-29-28-17(34-19)12-4-7-16-15(8-12)30(9-11-2-5-13(22)6-3-11)18(31)14(26)10-35(16,32)33/h2-8,14H,9-10,26-27H2,1H3/t14-,20?/m0/s1. The van der Waals surface area contributed by atoms with E-state index in [9.17, 15) is 26.4 Å². The van der Waals surface area contributed by atoms with E-state index < -0.39 is 45.1 Å². The number of halogens is 4. The first-order valence-electron chi connectivity index (χ1n) is 10.1. The van der Waals surface area contributed by atoms with Crippen LogP contribution in [-0.2, 0) is 26.7 Å². The van der Waals surface area contributed by atoms with Gasteiger partial charge in [-0.3, -0.25) is 4.79 Å². The number of hydrogen-bond acceptors (Lipinski definition) is 8. The maximum absolute atomic E-state index is 13.3. The molecule has 9 nitrogen and oxygen atoms in total. The average molecular weight is 530 g/mol. The van der Waals surface area contributed by atoms with E-state index in [4.69, 9.17) is 27.5 Å². The lowest BCUT2D eigenvalue weighted by atomic mass is 10.0. The van der Waals surface area contributed by atoms with Crippen molar-refractivity contribution in [1.82, 2.24) is 10.2 Å². The molecule has 14 heteroatoms. The molecule has 0 saturated heterocycles. The van der Waals surface area contributed by atoms with Crippen LogP contribution < -0.4 is 16.4 Å². The van der Waals surface area contributed by atoms with Crippen LogP contribution in [0.1, 0.15) is 18.4 Å². The number of benzene rings is 2. The Morgan fingerprint density at radius 3 is 2.46 bits per heavy atom. The fourth-order valence-electron chi connectivity index (χ4n) is 3.45. The van der Waals surface area contributed by atoms with Gasteiger partial charge in [-0.2, -0.15) is 13.2 Å². The number of nitrogens with two attached hydrogens (primary N) is 2. The Balaban J connectivity index is 1.82. The molecule has 1 aliphatic heterocycles. The van der Waals surface area contributed by atoms with Gasteiger partial charge < -0.3 is 20.8 Å². The van der Waals surface area contributed by atoms with E-state index in [2.05, 4.69) is 10.2 Å². The highest BCUT2D eigenvalue weighted by Gasteiger charge is 2.53. The number of sulfone groups is 1. The first-order chi connectivity index (χ1) is 16.2. The molecule has 0 aliphatic carbocycles. The van der Waals surface area contributed by atoms with E-state index in [1.165, 1.54) is 23.1 Å². The molecule has 2 heterocycles. The normalized spacial score (nSPS) is 19.7. The summed E-state index contributed by atoms with van der Waals surface area (Å²) in [5.41, 5.74) is 9.02. The second-order valence-electron chi connectivity index (χ2n) is 8.23. The summed E-state index contributed by atoms with van der Waals surface area (Å²) in [6, 6.07) is 8.99.